The maximum Gasteiger partial charge on any atom is 0.191 e. The van der Waals surface area contributed by atoms with Crippen LogP contribution in [0.3, 0.4) is 0 Å². The van der Waals surface area contributed by atoms with Crippen LogP contribution >= 0.6 is 0 Å². The summed E-state index contributed by atoms with van der Waals surface area (Å²) < 4.78 is 13.3. The summed E-state index contributed by atoms with van der Waals surface area (Å²) in [5.74, 6) is 1.59. The van der Waals surface area contributed by atoms with Crippen molar-refractivity contribution in [3.63, 3.8) is 0 Å². The van der Waals surface area contributed by atoms with Crippen molar-refractivity contribution in [2.24, 2.45) is 4.99 Å². The van der Waals surface area contributed by atoms with Crippen molar-refractivity contribution in [3.8, 4) is 0 Å². The summed E-state index contributed by atoms with van der Waals surface area (Å²) in [5, 5.41) is 7.73. The molecule has 2 aromatic heterocycles. The highest BCUT2D eigenvalue weighted by Crippen LogP contribution is 2.19. The Morgan fingerprint density at radius 2 is 2.00 bits per heavy atom. The summed E-state index contributed by atoms with van der Waals surface area (Å²) in [5.41, 5.74) is 4.08. The number of benzene rings is 2. The van der Waals surface area contributed by atoms with Crippen LogP contribution in [0.25, 0.3) is 21.9 Å². The van der Waals surface area contributed by atoms with Crippen molar-refractivity contribution in [2.45, 2.75) is 26.2 Å². The van der Waals surface area contributed by atoms with Crippen molar-refractivity contribution in [1.82, 2.24) is 25.6 Å². The number of guanidine groups is 1. The quantitative estimate of drug-likeness (QED) is 0.203. The van der Waals surface area contributed by atoms with Gasteiger partial charge in [-0.1, -0.05) is 12.1 Å². The molecule has 7 heteroatoms. The van der Waals surface area contributed by atoms with Crippen LogP contribution in [-0.4, -0.2) is 40.5 Å². The third-order valence-electron chi connectivity index (χ3n) is 5.04. The lowest BCUT2D eigenvalue weighted by Gasteiger charge is -2.11. The van der Waals surface area contributed by atoms with Gasteiger partial charge in [0.25, 0.3) is 0 Å². The highest BCUT2D eigenvalue weighted by atomic mass is 19.1. The van der Waals surface area contributed by atoms with Crippen LogP contribution in [0, 0.1) is 5.82 Å². The SMILES string of the molecule is CCNC(=NCCCc1nc2ccccc2[nH]1)NCCc1c[nH]c2cc(F)ccc12. The van der Waals surface area contributed by atoms with Gasteiger partial charge in [0.15, 0.2) is 5.96 Å². The predicted octanol–water partition coefficient (Wildman–Crippen LogP) is 3.91. The lowest BCUT2D eigenvalue weighted by Crippen LogP contribution is -2.38. The van der Waals surface area contributed by atoms with Crippen molar-refractivity contribution in [2.75, 3.05) is 19.6 Å². The van der Waals surface area contributed by atoms with E-state index in [0.29, 0.717) is 0 Å². The van der Waals surface area contributed by atoms with Crippen LogP contribution in [0.2, 0.25) is 0 Å². The number of aliphatic imine (C=N–C) groups is 1. The fraction of sp³-hybridized carbons (Fsp3) is 0.304. The molecule has 0 aliphatic heterocycles. The van der Waals surface area contributed by atoms with E-state index in [9.17, 15) is 4.39 Å². The first-order valence-electron chi connectivity index (χ1n) is 10.4. The van der Waals surface area contributed by atoms with Gasteiger partial charge in [-0.25, -0.2) is 9.37 Å². The second-order valence-corrected chi connectivity index (χ2v) is 7.25. The lowest BCUT2D eigenvalue weighted by molar-refractivity contribution is 0.629. The zero-order valence-corrected chi connectivity index (χ0v) is 17.1. The summed E-state index contributed by atoms with van der Waals surface area (Å²) in [4.78, 5) is 15.8. The number of aromatic nitrogens is 3. The average molecular weight is 407 g/mol. The first-order valence-corrected chi connectivity index (χ1v) is 10.4. The van der Waals surface area contributed by atoms with E-state index in [1.165, 1.54) is 17.7 Å². The van der Waals surface area contributed by atoms with Crippen molar-refractivity contribution < 1.29 is 4.39 Å². The number of imidazole rings is 1. The minimum absolute atomic E-state index is 0.224. The Morgan fingerprint density at radius 3 is 2.87 bits per heavy atom. The van der Waals surface area contributed by atoms with Crippen LogP contribution in [0.4, 0.5) is 4.39 Å². The largest absolute Gasteiger partial charge is 0.361 e. The van der Waals surface area contributed by atoms with Gasteiger partial charge in [-0.15, -0.1) is 0 Å². The van der Waals surface area contributed by atoms with Gasteiger partial charge in [-0.05, 0) is 55.7 Å². The Hall–Kier alpha value is -3.35. The standard InChI is InChI=1S/C23H27FN6/c1-2-25-23(26-12-5-8-22-29-19-6-3-4-7-20(19)30-22)27-13-11-16-15-28-21-14-17(24)9-10-18(16)21/h3-4,6-7,9-10,14-15,28H,2,5,8,11-13H2,1H3,(H,29,30)(H2,25,26,27). The van der Waals surface area contributed by atoms with E-state index >= 15 is 0 Å². The van der Waals surface area contributed by atoms with E-state index in [1.807, 2.05) is 36.5 Å². The van der Waals surface area contributed by atoms with Gasteiger partial charge in [0.2, 0.25) is 0 Å². The van der Waals surface area contributed by atoms with Crippen LogP contribution in [0.1, 0.15) is 24.7 Å². The molecule has 6 nitrogen and oxygen atoms in total. The number of nitrogens with zero attached hydrogens (tertiary/aromatic N) is 2. The minimum Gasteiger partial charge on any atom is -0.361 e. The smallest absolute Gasteiger partial charge is 0.191 e. The number of fused-ring (bicyclic) bond motifs is 2. The number of para-hydroxylation sites is 2. The normalized spacial score (nSPS) is 12.0. The van der Waals surface area contributed by atoms with E-state index in [4.69, 9.17) is 0 Å². The molecule has 156 valence electrons. The fourth-order valence-electron chi connectivity index (χ4n) is 3.58. The maximum atomic E-state index is 13.3. The van der Waals surface area contributed by atoms with Gasteiger partial charge in [-0.2, -0.15) is 0 Å². The third-order valence-corrected chi connectivity index (χ3v) is 5.04. The first-order chi connectivity index (χ1) is 14.7. The number of aryl methyl sites for hydroxylation is 1. The zero-order valence-electron chi connectivity index (χ0n) is 17.1. The second-order valence-electron chi connectivity index (χ2n) is 7.25. The molecule has 0 radical (unpaired) electrons. The number of hydrogen-bond donors (Lipinski definition) is 4. The lowest BCUT2D eigenvalue weighted by atomic mass is 10.1. The number of H-pyrrole nitrogens is 2. The number of aromatic amines is 2. The first kappa shape index (κ1) is 19.9. The molecule has 4 rings (SSSR count). The van der Waals surface area contributed by atoms with E-state index in [1.54, 1.807) is 0 Å². The molecule has 4 aromatic rings. The molecule has 2 aromatic carbocycles. The predicted molar refractivity (Wildman–Crippen MR) is 120 cm³/mol. The molecule has 0 saturated carbocycles. The molecule has 0 aliphatic rings. The van der Waals surface area contributed by atoms with Gasteiger partial charge < -0.3 is 20.6 Å². The summed E-state index contributed by atoms with van der Waals surface area (Å²) in [6.07, 6.45) is 4.56. The number of rotatable bonds is 8. The Bertz CT molecular complexity index is 1110. The zero-order chi connectivity index (χ0) is 20.8. The monoisotopic (exact) mass is 406 g/mol. The molecule has 0 unspecified atom stereocenters. The number of nitrogens with one attached hydrogen (secondary N) is 4. The van der Waals surface area contributed by atoms with Crippen LogP contribution in [0.15, 0.2) is 53.7 Å². The van der Waals surface area contributed by atoms with Gasteiger partial charge in [0, 0.05) is 43.2 Å². The summed E-state index contributed by atoms with van der Waals surface area (Å²) in [7, 11) is 0. The molecule has 0 atom stereocenters. The molecular weight excluding hydrogens is 379 g/mol. The van der Waals surface area contributed by atoms with E-state index < -0.39 is 0 Å². The van der Waals surface area contributed by atoms with E-state index in [2.05, 4.69) is 37.5 Å². The van der Waals surface area contributed by atoms with Gasteiger partial charge in [0.05, 0.1) is 11.0 Å². The average Bonchev–Trinajstić information content (AvgIpc) is 3.34. The highest BCUT2D eigenvalue weighted by molar-refractivity contribution is 5.83. The van der Waals surface area contributed by atoms with Crippen LogP contribution in [-0.2, 0) is 12.8 Å². The van der Waals surface area contributed by atoms with E-state index in [-0.39, 0.29) is 5.82 Å². The Balaban J connectivity index is 1.27. The topological polar surface area (TPSA) is 80.9 Å². The third kappa shape index (κ3) is 4.79. The van der Waals surface area contributed by atoms with Crippen LogP contribution < -0.4 is 10.6 Å². The Kier molecular flexibility index (Phi) is 6.27. The molecule has 30 heavy (non-hydrogen) atoms. The molecular formula is C23H27FN6. The van der Waals surface area contributed by atoms with Crippen molar-refractivity contribution in [3.05, 3.63) is 65.9 Å². The maximum absolute atomic E-state index is 13.3. The molecule has 2 heterocycles. The van der Waals surface area contributed by atoms with Crippen molar-refractivity contribution in [1.29, 1.82) is 0 Å². The molecule has 0 aliphatic carbocycles. The summed E-state index contributed by atoms with van der Waals surface area (Å²) in [6, 6.07) is 12.9. The number of halogens is 1. The molecule has 0 spiro atoms. The van der Waals surface area contributed by atoms with E-state index in [0.717, 1.165) is 72.6 Å². The van der Waals surface area contributed by atoms with Crippen LogP contribution in [0.5, 0.6) is 0 Å². The molecule has 0 amide bonds. The highest BCUT2D eigenvalue weighted by Gasteiger charge is 2.06. The Morgan fingerprint density at radius 1 is 1.10 bits per heavy atom. The summed E-state index contributed by atoms with van der Waals surface area (Å²) in [6.45, 7) is 4.33. The molecule has 4 N–H and O–H groups in total. The minimum atomic E-state index is -0.224. The van der Waals surface area contributed by atoms with Crippen molar-refractivity contribution >= 4 is 27.9 Å². The molecule has 0 saturated heterocycles. The van der Waals surface area contributed by atoms with Gasteiger partial charge in [0.1, 0.15) is 11.6 Å². The second kappa shape index (κ2) is 9.43. The summed E-state index contributed by atoms with van der Waals surface area (Å²) >= 11 is 0. The fourth-order valence-corrected chi connectivity index (χ4v) is 3.58. The molecule has 0 bridgehead atoms. The Labute approximate surface area is 175 Å². The molecule has 0 fully saturated rings. The van der Waals surface area contributed by atoms with Gasteiger partial charge >= 0.3 is 0 Å². The number of hydrogen-bond acceptors (Lipinski definition) is 2. The van der Waals surface area contributed by atoms with Gasteiger partial charge in [-0.3, -0.25) is 4.99 Å².